The van der Waals surface area contributed by atoms with Crippen molar-refractivity contribution in [2.24, 2.45) is 17.8 Å². The minimum Gasteiger partial charge on any atom is -0.482 e. The molecule has 30 heavy (non-hydrogen) atoms. The molecule has 0 unspecified atom stereocenters. The molecule has 0 saturated heterocycles. The molecular formula is C23H32O7. The maximum Gasteiger partial charge on any atom is 0.341 e. The number of hydrogen-bond donors (Lipinski definition) is 3. The lowest BCUT2D eigenvalue weighted by Gasteiger charge is -2.32. The lowest BCUT2D eigenvalue weighted by atomic mass is 9.73. The molecule has 0 amide bonds. The number of carboxylic acid groups (broad SMARTS) is 1. The fourth-order valence-corrected chi connectivity index (χ4v) is 5.07. The number of carbonyl (C=O) groups excluding carboxylic acids is 1. The number of ether oxygens (including phenoxy) is 2. The van der Waals surface area contributed by atoms with Gasteiger partial charge in [-0.05, 0) is 80.4 Å². The molecule has 0 bridgehead atoms. The SMILES string of the molecule is C[C@H](O)CC[C@@H]1[C@H]2Cc3cccc(OCC(=O)O)c3C[C@H]2C[C@H]1OC(=O)CCCO. The van der Waals surface area contributed by atoms with Crippen LogP contribution in [-0.4, -0.2) is 52.7 Å². The van der Waals surface area contributed by atoms with Gasteiger partial charge in [0.15, 0.2) is 6.61 Å². The first-order valence-electron chi connectivity index (χ1n) is 10.8. The van der Waals surface area contributed by atoms with Crippen molar-refractivity contribution in [2.75, 3.05) is 13.2 Å². The molecule has 1 fully saturated rings. The van der Waals surface area contributed by atoms with Gasteiger partial charge < -0.3 is 24.8 Å². The average Bonchev–Trinajstić information content (AvgIpc) is 3.03. The molecule has 166 valence electrons. The lowest BCUT2D eigenvalue weighted by Crippen LogP contribution is -2.29. The smallest absolute Gasteiger partial charge is 0.341 e. The second-order valence-electron chi connectivity index (χ2n) is 8.59. The molecule has 3 N–H and O–H groups in total. The van der Waals surface area contributed by atoms with Gasteiger partial charge in [0.25, 0.3) is 0 Å². The van der Waals surface area contributed by atoms with Crippen LogP contribution in [0, 0.1) is 17.8 Å². The van der Waals surface area contributed by atoms with Gasteiger partial charge in [-0.1, -0.05) is 12.1 Å². The number of hydrogen-bond acceptors (Lipinski definition) is 6. The lowest BCUT2D eigenvalue weighted by molar-refractivity contribution is -0.151. The van der Waals surface area contributed by atoms with Crippen LogP contribution in [0.1, 0.15) is 50.2 Å². The third-order valence-electron chi connectivity index (χ3n) is 6.41. The highest BCUT2D eigenvalue weighted by Gasteiger charge is 2.47. The molecule has 0 radical (unpaired) electrons. The number of carbonyl (C=O) groups is 2. The predicted molar refractivity (Wildman–Crippen MR) is 109 cm³/mol. The largest absolute Gasteiger partial charge is 0.482 e. The third kappa shape index (κ3) is 5.52. The number of benzene rings is 1. The number of fused-ring (bicyclic) bond motifs is 2. The van der Waals surface area contributed by atoms with Crippen molar-refractivity contribution >= 4 is 11.9 Å². The Morgan fingerprint density at radius 2 is 2.07 bits per heavy atom. The van der Waals surface area contributed by atoms with Crippen molar-refractivity contribution in [1.29, 1.82) is 0 Å². The van der Waals surface area contributed by atoms with Crippen LogP contribution in [0.2, 0.25) is 0 Å². The summed E-state index contributed by atoms with van der Waals surface area (Å²) in [5.41, 5.74) is 2.22. The number of aliphatic carboxylic acids is 1. The Kier molecular flexibility index (Phi) is 7.72. The monoisotopic (exact) mass is 420 g/mol. The minimum atomic E-state index is -1.00. The molecule has 0 heterocycles. The first-order chi connectivity index (χ1) is 14.4. The van der Waals surface area contributed by atoms with Crippen molar-refractivity contribution in [3.05, 3.63) is 29.3 Å². The van der Waals surface area contributed by atoms with Gasteiger partial charge in [-0.3, -0.25) is 4.79 Å². The van der Waals surface area contributed by atoms with E-state index in [1.54, 1.807) is 6.92 Å². The molecule has 0 aliphatic heterocycles. The molecule has 7 heteroatoms. The van der Waals surface area contributed by atoms with Gasteiger partial charge in [0, 0.05) is 13.0 Å². The standard InChI is InChI=1S/C23H32O7/c1-14(25)7-8-17-18-10-15-4-2-5-20(29-13-22(26)27)19(15)11-16(18)12-21(17)30-23(28)6-3-9-24/h2,4-5,14,16-18,21,24-25H,3,6-13H2,1H3,(H,26,27)/t14-,16-,17+,18-,21+/m0/s1. The summed E-state index contributed by atoms with van der Waals surface area (Å²) in [6.07, 6.45) is 3.82. The molecule has 2 aliphatic rings. The van der Waals surface area contributed by atoms with E-state index in [2.05, 4.69) is 6.07 Å². The van der Waals surface area contributed by atoms with Crippen molar-refractivity contribution < 1.29 is 34.4 Å². The van der Waals surface area contributed by atoms with Crippen molar-refractivity contribution in [3.8, 4) is 5.75 Å². The van der Waals surface area contributed by atoms with E-state index in [1.807, 2.05) is 12.1 Å². The van der Waals surface area contributed by atoms with Crippen LogP contribution in [0.3, 0.4) is 0 Å². The van der Waals surface area contributed by atoms with E-state index in [9.17, 15) is 14.7 Å². The number of esters is 1. The van der Waals surface area contributed by atoms with Gasteiger partial charge in [0.1, 0.15) is 11.9 Å². The molecule has 2 aliphatic carbocycles. The number of aliphatic hydroxyl groups excluding tert-OH is 2. The van der Waals surface area contributed by atoms with Crippen LogP contribution in [0.5, 0.6) is 5.75 Å². The molecule has 3 rings (SSSR count). The zero-order valence-electron chi connectivity index (χ0n) is 17.5. The maximum absolute atomic E-state index is 12.2. The van der Waals surface area contributed by atoms with Gasteiger partial charge >= 0.3 is 11.9 Å². The van der Waals surface area contributed by atoms with Crippen LogP contribution in [0.4, 0.5) is 0 Å². The summed E-state index contributed by atoms with van der Waals surface area (Å²) in [5.74, 6) is 0.188. The first-order valence-corrected chi connectivity index (χ1v) is 10.8. The molecule has 0 spiro atoms. The summed E-state index contributed by atoms with van der Waals surface area (Å²) in [5, 5.41) is 27.7. The summed E-state index contributed by atoms with van der Waals surface area (Å²) in [4.78, 5) is 23.1. The Morgan fingerprint density at radius 1 is 1.27 bits per heavy atom. The van der Waals surface area contributed by atoms with Crippen molar-refractivity contribution in [3.63, 3.8) is 0 Å². The summed E-state index contributed by atoms with van der Waals surface area (Å²) < 4.78 is 11.3. The molecular weight excluding hydrogens is 388 g/mol. The molecule has 1 aromatic carbocycles. The zero-order valence-corrected chi connectivity index (χ0v) is 17.5. The van der Waals surface area contributed by atoms with Gasteiger partial charge in [0.05, 0.1) is 6.10 Å². The normalized spacial score (nSPS) is 25.8. The minimum absolute atomic E-state index is 0.0368. The molecule has 0 aromatic heterocycles. The van der Waals surface area contributed by atoms with Crippen molar-refractivity contribution in [1.82, 2.24) is 0 Å². The molecule has 5 atom stereocenters. The van der Waals surface area contributed by atoms with E-state index >= 15 is 0 Å². The summed E-state index contributed by atoms with van der Waals surface area (Å²) >= 11 is 0. The van der Waals surface area contributed by atoms with Crippen molar-refractivity contribution in [2.45, 2.75) is 64.1 Å². The van der Waals surface area contributed by atoms with Gasteiger partial charge in [-0.2, -0.15) is 0 Å². The van der Waals surface area contributed by atoms with Gasteiger partial charge in [0.2, 0.25) is 0 Å². The highest BCUT2D eigenvalue weighted by molar-refractivity contribution is 5.69. The Hall–Kier alpha value is -2.12. The Bertz CT molecular complexity index is 745. The van der Waals surface area contributed by atoms with Crippen LogP contribution < -0.4 is 4.74 Å². The van der Waals surface area contributed by atoms with E-state index in [1.165, 1.54) is 0 Å². The second-order valence-corrected chi connectivity index (χ2v) is 8.59. The zero-order chi connectivity index (χ0) is 21.7. The fraction of sp³-hybridized carbons (Fsp3) is 0.652. The number of carboxylic acids is 1. The Morgan fingerprint density at radius 3 is 2.77 bits per heavy atom. The van der Waals surface area contributed by atoms with Crippen LogP contribution in [-0.2, 0) is 27.2 Å². The quantitative estimate of drug-likeness (QED) is 0.498. The van der Waals surface area contributed by atoms with Crippen LogP contribution in [0.15, 0.2) is 18.2 Å². The molecule has 1 aromatic rings. The average molecular weight is 421 g/mol. The Balaban J connectivity index is 1.76. The van der Waals surface area contributed by atoms with E-state index in [0.29, 0.717) is 30.4 Å². The summed E-state index contributed by atoms with van der Waals surface area (Å²) in [7, 11) is 0. The molecule has 1 saturated carbocycles. The van der Waals surface area contributed by atoms with E-state index in [4.69, 9.17) is 19.7 Å². The fourth-order valence-electron chi connectivity index (χ4n) is 5.07. The second kappa shape index (κ2) is 10.3. The first kappa shape index (κ1) is 22.6. The number of aliphatic hydroxyl groups is 2. The molecule has 7 nitrogen and oxygen atoms in total. The van der Waals surface area contributed by atoms with E-state index < -0.39 is 12.1 Å². The van der Waals surface area contributed by atoms with Gasteiger partial charge in [-0.15, -0.1) is 0 Å². The topological polar surface area (TPSA) is 113 Å². The van der Waals surface area contributed by atoms with Crippen LogP contribution in [0.25, 0.3) is 0 Å². The maximum atomic E-state index is 12.2. The van der Waals surface area contributed by atoms with E-state index in [-0.39, 0.29) is 37.6 Å². The Labute approximate surface area is 177 Å². The predicted octanol–water partition coefficient (Wildman–Crippen LogP) is 2.35. The third-order valence-corrected chi connectivity index (χ3v) is 6.41. The van der Waals surface area contributed by atoms with E-state index in [0.717, 1.165) is 36.8 Å². The highest BCUT2D eigenvalue weighted by Crippen LogP contribution is 2.49. The summed E-state index contributed by atoms with van der Waals surface area (Å²) in [6.45, 7) is 1.37. The summed E-state index contributed by atoms with van der Waals surface area (Å²) in [6, 6.07) is 5.77. The number of rotatable bonds is 10. The van der Waals surface area contributed by atoms with Crippen LogP contribution >= 0.6 is 0 Å². The van der Waals surface area contributed by atoms with Gasteiger partial charge in [-0.25, -0.2) is 4.79 Å². The highest BCUT2D eigenvalue weighted by atomic mass is 16.5.